The second kappa shape index (κ2) is 7.34. The zero-order valence-electron chi connectivity index (χ0n) is 12.3. The SMILES string of the molecule is C=CC[C@@H](O)CCCCO[Si](C)(C)C(C)(C)C. The van der Waals surface area contributed by atoms with E-state index in [4.69, 9.17) is 4.43 Å². The van der Waals surface area contributed by atoms with Crippen molar-refractivity contribution in [2.45, 2.75) is 70.7 Å². The molecule has 1 atom stereocenters. The van der Waals surface area contributed by atoms with E-state index in [-0.39, 0.29) is 11.1 Å². The number of hydrogen-bond acceptors (Lipinski definition) is 2. The molecular formula is C14H30O2Si. The van der Waals surface area contributed by atoms with Crippen molar-refractivity contribution in [2.24, 2.45) is 0 Å². The van der Waals surface area contributed by atoms with Gasteiger partial charge in [-0.3, -0.25) is 0 Å². The van der Waals surface area contributed by atoms with E-state index < -0.39 is 8.32 Å². The Labute approximate surface area is 108 Å². The fourth-order valence-corrected chi connectivity index (χ4v) is 2.42. The molecule has 0 rings (SSSR count). The Morgan fingerprint density at radius 2 is 1.88 bits per heavy atom. The molecule has 0 heterocycles. The Morgan fingerprint density at radius 1 is 1.29 bits per heavy atom. The van der Waals surface area contributed by atoms with Crippen molar-refractivity contribution in [3.05, 3.63) is 12.7 Å². The van der Waals surface area contributed by atoms with Gasteiger partial charge < -0.3 is 9.53 Å². The third-order valence-electron chi connectivity index (χ3n) is 3.64. The third-order valence-corrected chi connectivity index (χ3v) is 8.18. The average molecular weight is 258 g/mol. The standard InChI is InChI=1S/C14H30O2Si/c1-7-10-13(15)11-8-9-12-16-17(5,6)14(2,3)4/h7,13,15H,1,8-12H2,2-6H3/t13-/m1/s1. The van der Waals surface area contributed by atoms with Gasteiger partial charge in [-0.15, -0.1) is 6.58 Å². The fourth-order valence-electron chi connectivity index (χ4n) is 1.34. The summed E-state index contributed by atoms with van der Waals surface area (Å²) >= 11 is 0. The predicted molar refractivity (Wildman–Crippen MR) is 77.8 cm³/mol. The van der Waals surface area contributed by atoms with Crippen LogP contribution >= 0.6 is 0 Å². The summed E-state index contributed by atoms with van der Waals surface area (Å²) in [5.41, 5.74) is 0. The average Bonchev–Trinajstić information content (AvgIpc) is 2.15. The van der Waals surface area contributed by atoms with Crippen LogP contribution in [-0.2, 0) is 4.43 Å². The lowest BCUT2D eigenvalue weighted by Gasteiger charge is -2.36. The lowest BCUT2D eigenvalue weighted by molar-refractivity contribution is 0.160. The molecule has 2 nitrogen and oxygen atoms in total. The van der Waals surface area contributed by atoms with E-state index in [0.29, 0.717) is 6.42 Å². The molecule has 3 heteroatoms. The molecule has 17 heavy (non-hydrogen) atoms. The molecule has 0 aromatic carbocycles. The Bertz CT molecular complexity index is 219. The summed E-state index contributed by atoms with van der Waals surface area (Å²) in [6, 6.07) is 0. The van der Waals surface area contributed by atoms with E-state index in [2.05, 4.69) is 40.4 Å². The minimum Gasteiger partial charge on any atom is -0.417 e. The number of hydrogen-bond donors (Lipinski definition) is 1. The minimum atomic E-state index is -1.58. The predicted octanol–water partition coefficient (Wildman–Crippen LogP) is 4.12. The van der Waals surface area contributed by atoms with Crippen molar-refractivity contribution in [1.29, 1.82) is 0 Å². The molecule has 0 bridgehead atoms. The van der Waals surface area contributed by atoms with E-state index in [1.165, 1.54) is 0 Å². The second-order valence-electron chi connectivity index (χ2n) is 6.28. The van der Waals surface area contributed by atoms with Crippen LogP contribution in [-0.4, -0.2) is 26.1 Å². The van der Waals surface area contributed by atoms with E-state index in [0.717, 1.165) is 25.9 Å². The Hall–Kier alpha value is -0.123. The summed E-state index contributed by atoms with van der Waals surface area (Å²) in [7, 11) is -1.58. The van der Waals surface area contributed by atoms with Crippen LogP contribution in [0.1, 0.15) is 46.5 Å². The maximum absolute atomic E-state index is 9.53. The Morgan fingerprint density at radius 3 is 2.35 bits per heavy atom. The van der Waals surface area contributed by atoms with Crippen molar-refractivity contribution in [1.82, 2.24) is 0 Å². The van der Waals surface area contributed by atoms with E-state index in [9.17, 15) is 5.11 Å². The minimum absolute atomic E-state index is 0.222. The van der Waals surface area contributed by atoms with Crippen molar-refractivity contribution >= 4 is 8.32 Å². The highest BCUT2D eigenvalue weighted by Gasteiger charge is 2.36. The van der Waals surface area contributed by atoms with Gasteiger partial charge in [0, 0.05) is 6.61 Å². The summed E-state index contributed by atoms with van der Waals surface area (Å²) < 4.78 is 6.07. The molecule has 0 aromatic rings. The first-order valence-corrected chi connectivity index (χ1v) is 9.54. The number of unbranched alkanes of at least 4 members (excludes halogenated alkanes) is 1. The molecule has 0 spiro atoms. The van der Waals surface area contributed by atoms with Crippen LogP contribution in [0.25, 0.3) is 0 Å². The first kappa shape index (κ1) is 16.9. The molecule has 0 radical (unpaired) electrons. The van der Waals surface area contributed by atoms with Gasteiger partial charge in [0.1, 0.15) is 0 Å². The molecule has 0 amide bonds. The van der Waals surface area contributed by atoms with Crippen LogP contribution in [0.3, 0.4) is 0 Å². The summed E-state index contributed by atoms with van der Waals surface area (Å²) in [6.45, 7) is 15.8. The van der Waals surface area contributed by atoms with Gasteiger partial charge in [-0.1, -0.05) is 26.8 Å². The lowest BCUT2D eigenvalue weighted by atomic mass is 10.1. The van der Waals surface area contributed by atoms with Gasteiger partial charge in [0.2, 0.25) is 0 Å². The molecule has 1 N–H and O–H groups in total. The summed E-state index contributed by atoms with van der Waals surface area (Å²) in [5, 5.41) is 9.82. The topological polar surface area (TPSA) is 29.5 Å². The first-order chi connectivity index (χ1) is 7.70. The highest BCUT2D eigenvalue weighted by atomic mass is 28.4. The highest BCUT2D eigenvalue weighted by Crippen LogP contribution is 2.36. The van der Waals surface area contributed by atoms with Gasteiger partial charge in [-0.05, 0) is 43.8 Å². The number of aliphatic hydroxyl groups is 1. The zero-order chi connectivity index (χ0) is 13.5. The van der Waals surface area contributed by atoms with Gasteiger partial charge in [0.25, 0.3) is 0 Å². The molecule has 0 saturated heterocycles. The van der Waals surface area contributed by atoms with E-state index in [1.807, 2.05) is 0 Å². The van der Waals surface area contributed by atoms with Crippen LogP contribution in [0, 0.1) is 0 Å². The maximum Gasteiger partial charge on any atom is 0.191 e. The van der Waals surface area contributed by atoms with E-state index >= 15 is 0 Å². The van der Waals surface area contributed by atoms with Gasteiger partial charge >= 0.3 is 0 Å². The third kappa shape index (κ3) is 7.01. The van der Waals surface area contributed by atoms with E-state index in [1.54, 1.807) is 6.08 Å². The van der Waals surface area contributed by atoms with Gasteiger partial charge in [0.05, 0.1) is 6.10 Å². The largest absolute Gasteiger partial charge is 0.417 e. The van der Waals surface area contributed by atoms with Gasteiger partial charge in [0.15, 0.2) is 8.32 Å². The Balaban J connectivity index is 3.68. The summed E-state index contributed by atoms with van der Waals surface area (Å²) in [4.78, 5) is 0. The zero-order valence-corrected chi connectivity index (χ0v) is 13.3. The summed E-state index contributed by atoms with van der Waals surface area (Å²) in [5.74, 6) is 0. The van der Waals surface area contributed by atoms with Crippen LogP contribution in [0.4, 0.5) is 0 Å². The van der Waals surface area contributed by atoms with Crippen molar-refractivity contribution in [2.75, 3.05) is 6.61 Å². The smallest absolute Gasteiger partial charge is 0.191 e. The quantitative estimate of drug-likeness (QED) is 0.403. The molecule has 102 valence electrons. The molecule has 0 aliphatic rings. The monoisotopic (exact) mass is 258 g/mol. The number of rotatable bonds is 8. The van der Waals surface area contributed by atoms with Crippen LogP contribution < -0.4 is 0 Å². The van der Waals surface area contributed by atoms with Crippen molar-refractivity contribution in [3.63, 3.8) is 0 Å². The normalized spacial score (nSPS) is 14.7. The highest BCUT2D eigenvalue weighted by molar-refractivity contribution is 6.74. The maximum atomic E-state index is 9.53. The van der Waals surface area contributed by atoms with Gasteiger partial charge in [-0.25, -0.2) is 0 Å². The van der Waals surface area contributed by atoms with Crippen LogP contribution in [0.15, 0.2) is 12.7 Å². The van der Waals surface area contributed by atoms with Gasteiger partial charge in [-0.2, -0.15) is 0 Å². The second-order valence-corrected chi connectivity index (χ2v) is 11.1. The molecule has 0 aromatic heterocycles. The molecule has 0 aliphatic carbocycles. The fraction of sp³-hybridized carbons (Fsp3) is 0.857. The summed E-state index contributed by atoms with van der Waals surface area (Å²) in [6.07, 6.45) is 5.18. The van der Waals surface area contributed by atoms with Crippen molar-refractivity contribution < 1.29 is 9.53 Å². The number of aliphatic hydroxyl groups excluding tert-OH is 1. The molecular weight excluding hydrogens is 228 g/mol. The Kier molecular flexibility index (Phi) is 7.29. The molecule has 0 fully saturated rings. The van der Waals surface area contributed by atoms with Crippen LogP contribution in [0.5, 0.6) is 0 Å². The molecule has 0 saturated carbocycles. The first-order valence-electron chi connectivity index (χ1n) is 6.63. The van der Waals surface area contributed by atoms with Crippen molar-refractivity contribution in [3.8, 4) is 0 Å². The van der Waals surface area contributed by atoms with Crippen LogP contribution in [0.2, 0.25) is 18.1 Å². The molecule has 0 unspecified atom stereocenters. The lowest BCUT2D eigenvalue weighted by Crippen LogP contribution is -2.40. The molecule has 0 aliphatic heterocycles.